The Morgan fingerprint density at radius 3 is 2.89 bits per heavy atom. The van der Waals surface area contributed by atoms with Crippen molar-refractivity contribution in [3.63, 3.8) is 0 Å². The minimum Gasteiger partial charge on any atom is -0.444 e. The van der Waals surface area contributed by atoms with E-state index in [1.165, 1.54) is 0 Å². The predicted octanol–water partition coefficient (Wildman–Crippen LogP) is 2.09. The largest absolute Gasteiger partial charge is 0.444 e. The first-order valence-electron chi connectivity index (χ1n) is 6.44. The quantitative estimate of drug-likeness (QED) is 0.846. The molecule has 1 fully saturated rings. The van der Waals surface area contributed by atoms with Gasteiger partial charge in [-0.3, -0.25) is 4.98 Å². The first-order valence-corrected chi connectivity index (χ1v) is 6.44. The number of ether oxygens (including phenoxy) is 2. The molecule has 1 aromatic heterocycles. The molecule has 0 saturated carbocycles. The van der Waals surface area contributed by atoms with Crippen LogP contribution in [0.3, 0.4) is 0 Å². The van der Waals surface area contributed by atoms with E-state index in [4.69, 9.17) is 9.47 Å². The number of epoxide rings is 1. The highest BCUT2D eigenvalue weighted by molar-refractivity contribution is 5.67. The van der Waals surface area contributed by atoms with E-state index in [1.807, 2.05) is 39.1 Å². The lowest BCUT2D eigenvalue weighted by atomic mass is 9.98. The van der Waals surface area contributed by atoms with Gasteiger partial charge < -0.3 is 14.8 Å². The summed E-state index contributed by atoms with van der Waals surface area (Å²) in [5.41, 5.74) is 0.588. The number of nitrogens with zero attached hydrogens (tertiary/aromatic N) is 1. The van der Waals surface area contributed by atoms with Crippen LogP contribution >= 0.6 is 0 Å². The Labute approximate surface area is 113 Å². The molecule has 1 N–H and O–H groups in total. The fourth-order valence-electron chi connectivity index (χ4n) is 1.85. The van der Waals surface area contributed by atoms with E-state index in [1.54, 1.807) is 6.20 Å². The Morgan fingerprint density at radius 1 is 1.63 bits per heavy atom. The van der Waals surface area contributed by atoms with Gasteiger partial charge in [0.15, 0.2) is 0 Å². The summed E-state index contributed by atoms with van der Waals surface area (Å²) in [5.74, 6) is 0.126. The van der Waals surface area contributed by atoms with Crippen LogP contribution in [0.4, 0.5) is 4.79 Å². The highest BCUT2D eigenvalue weighted by Gasteiger charge is 2.34. The van der Waals surface area contributed by atoms with E-state index in [-0.39, 0.29) is 12.0 Å². The van der Waals surface area contributed by atoms with E-state index in [9.17, 15) is 4.79 Å². The molecule has 0 aromatic carbocycles. The highest BCUT2D eigenvalue weighted by Crippen LogP contribution is 2.28. The molecule has 1 aromatic rings. The summed E-state index contributed by atoms with van der Waals surface area (Å²) < 4.78 is 10.6. The van der Waals surface area contributed by atoms with E-state index >= 15 is 0 Å². The van der Waals surface area contributed by atoms with E-state index in [0.717, 1.165) is 12.2 Å². The van der Waals surface area contributed by atoms with E-state index in [0.29, 0.717) is 6.54 Å². The van der Waals surface area contributed by atoms with Gasteiger partial charge in [-0.2, -0.15) is 0 Å². The monoisotopic (exact) mass is 264 g/mol. The molecule has 0 spiro atoms. The van der Waals surface area contributed by atoms with Crippen molar-refractivity contribution in [2.24, 2.45) is 0 Å². The van der Waals surface area contributed by atoms with Crippen LogP contribution in [-0.4, -0.2) is 35.9 Å². The number of pyridine rings is 1. The molecule has 2 unspecified atom stereocenters. The zero-order valence-corrected chi connectivity index (χ0v) is 11.6. The Hall–Kier alpha value is -1.62. The van der Waals surface area contributed by atoms with Crippen LogP contribution in [0, 0.1) is 0 Å². The van der Waals surface area contributed by atoms with Gasteiger partial charge in [0.1, 0.15) is 5.60 Å². The van der Waals surface area contributed by atoms with Crippen molar-refractivity contribution in [2.75, 3.05) is 13.2 Å². The van der Waals surface area contributed by atoms with Crippen LogP contribution in [0.2, 0.25) is 0 Å². The molecule has 2 heterocycles. The number of alkyl carbamates (subject to hydrolysis) is 1. The summed E-state index contributed by atoms with van der Waals surface area (Å²) in [7, 11) is 0. The molecule has 0 aliphatic carbocycles. The van der Waals surface area contributed by atoms with Crippen molar-refractivity contribution in [1.82, 2.24) is 10.3 Å². The Balaban J connectivity index is 1.90. The minimum atomic E-state index is -0.482. The Kier molecular flexibility index (Phi) is 4.04. The Bertz CT molecular complexity index is 424. The van der Waals surface area contributed by atoms with Crippen LogP contribution < -0.4 is 5.32 Å². The molecule has 1 aliphatic rings. The number of nitrogens with one attached hydrogen (secondary N) is 1. The van der Waals surface area contributed by atoms with Crippen LogP contribution in [0.1, 0.15) is 32.3 Å². The van der Waals surface area contributed by atoms with Crippen LogP contribution in [0.15, 0.2) is 24.5 Å². The molecule has 1 saturated heterocycles. The first-order chi connectivity index (χ1) is 8.96. The van der Waals surface area contributed by atoms with Gasteiger partial charge >= 0.3 is 6.09 Å². The molecule has 1 aliphatic heterocycles. The third kappa shape index (κ3) is 4.52. The van der Waals surface area contributed by atoms with Crippen LogP contribution in [0.25, 0.3) is 0 Å². The number of hydrogen-bond acceptors (Lipinski definition) is 4. The molecule has 2 rings (SSSR count). The number of carbonyl (C=O) groups is 1. The lowest BCUT2D eigenvalue weighted by Crippen LogP contribution is -2.35. The highest BCUT2D eigenvalue weighted by atomic mass is 16.6. The van der Waals surface area contributed by atoms with Gasteiger partial charge in [-0.05, 0) is 32.4 Å². The summed E-state index contributed by atoms with van der Waals surface area (Å²) in [6, 6.07) is 3.88. The SMILES string of the molecule is CC(C)(C)OC(=O)NCC(c1cccnc1)C1CO1. The van der Waals surface area contributed by atoms with Gasteiger partial charge in [0.25, 0.3) is 0 Å². The number of aromatic nitrogens is 1. The van der Waals surface area contributed by atoms with Gasteiger partial charge in [-0.1, -0.05) is 6.07 Å². The number of carbonyl (C=O) groups excluding carboxylic acids is 1. The zero-order valence-electron chi connectivity index (χ0n) is 11.6. The van der Waals surface area contributed by atoms with Crippen molar-refractivity contribution in [3.05, 3.63) is 30.1 Å². The summed E-state index contributed by atoms with van der Waals surface area (Å²) in [6.07, 6.45) is 3.31. The third-order valence-corrected chi connectivity index (χ3v) is 2.79. The summed E-state index contributed by atoms with van der Waals surface area (Å²) >= 11 is 0. The van der Waals surface area contributed by atoms with Gasteiger partial charge in [0, 0.05) is 24.9 Å². The average molecular weight is 264 g/mol. The molecule has 5 heteroatoms. The zero-order chi connectivity index (χ0) is 13.9. The van der Waals surface area contributed by atoms with Crippen molar-refractivity contribution in [1.29, 1.82) is 0 Å². The van der Waals surface area contributed by atoms with Crippen molar-refractivity contribution in [2.45, 2.75) is 38.4 Å². The second kappa shape index (κ2) is 5.57. The fourth-order valence-corrected chi connectivity index (χ4v) is 1.85. The van der Waals surface area contributed by atoms with Crippen molar-refractivity contribution < 1.29 is 14.3 Å². The first kappa shape index (κ1) is 13.8. The second-order valence-electron chi connectivity index (χ2n) is 5.65. The molecular formula is C14H20N2O3. The molecule has 0 bridgehead atoms. The van der Waals surface area contributed by atoms with Gasteiger partial charge in [-0.15, -0.1) is 0 Å². The Morgan fingerprint density at radius 2 is 2.37 bits per heavy atom. The van der Waals surface area contributed by atoms with Gasteiger partial charge in [0.2, 0.25) is 0 Å². The fraction of sp³-hybridized carbons (Fsp3) is 0.571. The number of hydrogen-bond donors (Lipinski definition) is 1. The second-order valence-corrected chi connectivity index (χ2v) is 5.65. The molecule has 1 amide bonds. The van der Waals surface area contributed by atoms with E-state index < -0.39 is 11.7 Å². The van der Waals surface area contributed by atoms with Gasteiger partial charge in [-0.25, -0.2) is 4.79 Å². The molecule has 0 radical (unpaired) electrons. The maximum Gasteiger partial charge on any atom is 0.407 e. The average Bonchev–Trinajstić information content (AvgIpc) is 3.13. The summed E-state index contributed by atoms with van der Waals surface area (Å²) in [5, 5.41) is 2.79. The molecule has 19 heavy (non-hydrogen) atoms. The normalized spacial score (nSPS) is 19.6. The lowest BCUT2D eigenvalue weighted by molar-refractivity contribution is 0.0523. The van der Waals surface area contributed by atoms with Crippen molar-refractivity contribution >= 4 is 6.09 Å². The van der Waals surface area contributed by atoms with Crippen molar-refractivity contribution in [3.8, 4) is 0 Å². The van der Waals surface area contributed by atoms with E-state index in [2.05, 4.69) is 10.3 Å². The summed E-state index contributed by atoms with van der Waals surface area (Å²) in [4.78, 5) is 15.8. The van der Waals surface area contributed by atoms with Crippen LogP contribution in [0.5, 0.6) is 0 Å². The van der Waals surface area contributed by atoms with Gasteiger partial charge in [0.05, 0.1) is 12.7 Å². The maximum absolute atomic E-state index is 11.6. The minimum absolute atomic E-state index is 0.126. The lowest BCUT2D eigenvalue weighted by Gasteiger charge is -2.21. The predicted molar refractivity (Wildman–Crippen MR) is 71.0 cm³/mol. The number of amides is 1. The maximum atomic E-state index is 11.6. The summed E-state index contributed by atoms with van der Waals surface area (Å²) in [6.45, 7) is 6.75. The molecule has 2 atom stereocenters. The smallest absolute Gasteiger partial charge is 0.407 e. The van der Waals surface area contributed by atoms with Crippen LogP contribution in [-0.2, 0) is 9.47 Å². The number of rotatable bonds is 4. The molecule has 5 nitrogen and oxygen atoms in total. The topological polar surface area (TPSA) is 63.8 Å². The third-order valence-electron chi connectivity index (χ3n) is 2.79. The standard InChI is InChI=1S/C14H20N2O3/c1-14(2,3)19-13(17)16-8-11(12-9-18-12)10-5-4-6-15-7-10/h4-7,11-12H,8-9H2,1-3H3,(H,16,17). The molecule has 104 valence electrons. The molecular weight excluding hydrogens is 244 g/mol.